The minimum Gasteiger partial charge on any atom is -0.383 e. The summed E-state index contributed by atoms with van der Waals surface area (Å²) in [5.74, 6) is -0.329. The Balaban J connectivity index is 2.90. The third-order valence-corrected chi connectivity index (χ3v) is 5.02. The van der Waals surface area contributed by atoms with Crippen LogP contribution in [0.25, 0.3) is 6.08 Å². The van der Waals surface area contributed by atoms with Gasteiger partial charge >= 0.3 is 0 Å². The number of hydrogen-bond donors (Lipinski definition) is 1. The maximum atomic E-state index is 12.5. The van der Waals surface area contributed by atoms with Crippen molar-refractivity contribution in [3.05, 3.63) is 28.6 Å². The normalized spacial score (nSPS) is 13.3. The molecule has 28 heavy (non-hydrogen) atoms. The van der Waals surface area contributed by atoms with E-state index in [0.29, 0.717) is 25.2 Å². The number of amides is 1. The molecule has 0 fully saturated rings. The number of hydrogen-bond acceptors (Lipinski definition) is 4. The SMILES string of the molecule is COCC(C)n1c(C)cc(/C=C(\C#N)C(=O)NCCN(C(C)C)C(C)C)c1C. The first kappa shape index (κ1) is 23.9. The van der Waals surface area contributed by atoms with E-state index in [-0.39, 0.29) is 17.5 Å². The molecule has 1 unspecified atom stereocenters. The van der Waals surface area contributed by atoms with Gasteiger partial charge in [-0.2, -0.15) is 5.26 Å². The molecule has 1 rings (SSSR count). The molecule has 1 atom stereocenters. The fourth-order valence-electron chi connectivity index (χ4n) is 3.75. The molecule has 0 saturated carbocycles. The monoisotopic (exact) mass is 388 g/mol. The number of nitriles is 1. The summed E-state index contributed by atoms with van der Waals surface area (Å²) in [4.78, 5) is 14.8. The smallest absolute Gasteiger partial charge is 0.261 e. The molecule has 6 nitrogen and oxygen atoms in total. The number of nitrogens with one attached hydrogen (secondary N) is 1. The lowest BCUT2D eigenvalue weighted by molar-refractivity contribution is -0.117. The first-order chi connectivity index (χ1) is 13.1. The van der Waals surface area contributed by atoms with Crippen molar-refractivity contribution in [2.45, 2.75) is 66.6 Å². The molecule has 0 aliphatic rings. The Hall–Kier alpha value is -2.10. The summed E-state index contributed by atoms with van der Waals surface area (Å²) in [5, 5.41) is 12.4. The fraction of sp³-hybridized carbons (Fsp3) is 0.636. The molecule has 0 radical (unpaired) electrons. The van der Waals surface area contributed by atoms with Crippen molar-refractivity contribution in [2.75, 3.05) is 26.8 Å². The standard InChI is InChI=1S/C22H36N4O2/c1-15(2)25(16(3)4)10-9-24-22(27)21(13-23)12-20-11-17(5)26(19(20)7)18(6)14-28-8/h11-12,15-16,18H,9-10,14H2,1-8H3,(H,24,27)/b21-12+. The van der Waals surface area contributed by atoms with Crippen molar-refractivity contribution in [3.8, 4) is 6.07 Å². The van der Waals surface area contributed by atoms with Crippen LogP contribution in [0.15, 0.2) is 11.6 Å². The zero-order chi connectivity index (χ0) is 21.4. The number of aromatic nitrogens is 1. The van der Waals surface area contributed by atoms with Gasteiger partial charge in [-0.25, -0.2) is 0 Å². The minimum absolute atomic E-state index is 0.125. The van der Waals surface area contributed by atoms with Gasteiger partial charge in [0, 0.05) is 43.7 Å². The van der Waals surface area contributed by atoms with Crippen LogP contribution in [0, 0.1) is 25.2 Å². The van der Waals surface area contributed by atoms with Gasteiger partial charge in [0.15, 0.2) is 0 Å². The van der Waals surface area contributed by atoms with Gasteiger partial charge < -0.3 is 14.6 Å². The van der Waals surface area contributed by atoms with E-state index in [4.69, 9.17) is 4.74 Å². The van der Waals surface area contributed by atoms with Crippen LogP contribution in [-0.4, -0.2) is 54.3 Å². The van der Waals surface area contributed by atoms with Crippen LogP contribution in [0.5, 0.6) is 0 Å². The van der Waals surface area contributed by atoms with Gasteiger partial charge in [0.25, 0.3) is 5.91 Å². The van der Waals surface area contributed by atoms with Crippen molar-refractivity contribution in [1.29, 1.82) is 5.26 Å². The van der Waals surface area contributed by atoms with Crippen LogP contribution >= 0.6 is 0 Å². The summed E-state index contributed by atoms with van der Waals surface area (Å²) < 4.78 is 7.43. The van der Waals surface area contributed by atoms with Crippen LogP contribution < -0.4 is 5.32 Å². The van der Waals surface area contributed by atoms with Crippen LogP contribution in [-0.2, 0) is 9.53 Å². The summed E-state index contributed by atoms with van der Waals surface area (Å²) in [6.45, 7) is 16.5. The van der Waals surface area contributed by atoms with E-state index < -0.39 is 0 Å². The summed E-state index contributed by atoms with van der Waals surface area (Å²) >= 11 is 0. The molecule has 1 N–H and O–H groups in total. The lowest BCUT2D eigenvalue weighted by Gasteiger charge is -2.30. The second-order valence-electron chi connectivity index (χ2n) is 7.85. The molecule has 156 valence electrons. The molecule has 0 saturated heterocycles. The molecule has 1 heterocycles. The van der Waals surface area contributed by atoms with Gasteiger partial charge in [0.1, 0.15) is 11.6 Å². The zero-order valence-corrected chi connectivity index (χ0v) is 18.7. The van der Waals surface area contributed by atoms with E-state index in [0.717, 1.165) is 23.5 Å². The van der Waals surface area contributed by atoms with E-state index in [2.05, 4.69) is 49.4 Å². The van der Waals surface area contributed by atoms with E-state index >= 15 is 0 Å². The topological polar surface area (TPSA) is 70.3 Å². The van der Waals surface area contributed by atoms with Crippen molar-refractivity contribution >= 4 is 12.0 Å². The molecular formula is C22H36N4O2. The summed E-state index contributed by atoms with van der Waals surface area (Å²) in [6, 6.07) is 5.05. The third-order valence-electron chi connectivity index (χ3n) is 5.02. The van der Waals surface area contributed by atoms with Gasteiger partial charge in [-0.15, -0.1) is 0 Å². The number of aryl methyl sites for hydroxylation is 1. The fourth-order valence-corrected chi connectivity index (χ4v) is 3.75. The molecule has 1 amide bonds. The molecule has 0 bridgehead atoms. The Morgan fingerprint density at radius 1 is 1.29 bits per heavy atom. The van der Waals surface area contributed by atoms with Crippen LogP contribution in [0.2, 0.25) is 0 Å². The number of carbonyl (C=O) groups is 1. The predicted octanol–water partition coefficient (Wildman–Crippen LogP) is 3.45. The highest BCUT2D eigenvalue weighted by Crippen LogP contribution is 2.22. The Kier molecular flexibility index (Phi) is 9.44. The maximum absolute atomic E-state index is 12.5. The van der Waals surface area contributed by atoms with Gasteiger partial charge in [-0.1, -0.05) is 0 Å². The Morgan fingerprint density at radius 3 is 2.39 bits per heavy atom. The zero-order valence-electron chi connectivity index (χ0n) is 18.7. The van der Waals surface area contributed by atoms with Gasteiger partial charge in [-0.3, -0.25) is 9.69 Å². The Morgan fingerprint density at radius 2 is 1.89 bits per heavy atom. The molecule has 0 aliphatic carbocycles. The first-order valence-corrected chi connectivity index (χ1v) is 9.97. The number of nitrogens with zero attached hydrogens (tertiary/aromatic N) is 3. The van der Waals surface area contributed by atoms with E-state index in [1.54, 1.807) is 13.2 Å². The average molecular weight is 389 g/mol. The molecule has 0 aliphatic heterocycles. The lowest BCUT2D eigenvalue weighted by atomic mass is 10.1. The molecule has 1 aromatic rings. The van der Waals surface area contributed by atoms with Gasteiger partial charge in [0.2, 0.25) is 0 Å². The highest BCUT2D eigenvalue weighted by Gasteiger charge is 2.17. The third kappa shape index (κ3) is 6.22. The van der Waals surface area contributed by atoms with Gasteiger partial charge in [0.05, 0.1) is 12.6 Å². The summed E-state index contributed by atoms with van der Waals surface area (Å²) in [7, 11) is 1.68. The quantitative estimate of drug-likeness (QED) is 0.492. The summed E-state index contributed by atoms with van der Waals surface area (Å²) in [6.07, 6.45) is 1.68. The van der Waals surface area contributed by atoms with E-state index in [1.165, 1.54) is 0 Å². The average Bonchev–Trinajstić information content (AvgIpc) is 2.89. The van der Waals surface area contributed by atoms with Crippen molar-refractivity contribution < 1.29 is 9.53 Å². The largest absolute Gasteiger partial charge is 0.383 e. The minimum atomic E-state index is -0.329. The number of carbonyl (C=O) groups excluding carboxylic acids is 1. The van der Waals surface area contributed by atoms with Crippen molar-refractivity contribution in [1.82, 2.24) is 14.8 Å². The highest BCUT2D eigenvalue weighted by atomic mass is 16.5. The van der Waals surface area contributed by atoms with Crippen molar-refractivity contribution in [3.63, 3.8) is 0 Å². The van der Waals surface area contributed by atoms with Gasteiger partial charge in [-0.05, 0) is 66.2 Å². The second-order valence-corrected chi connectivity index (χ2v) is 7.85. The highest BCUT2D eigenvalue weighted by molar-refractivity contribution is 6.01. The molecule has 0 spiro atoms. The lowest BCUT2D eigenvalue weighted by Crippen LogP contribution is -2.42. The Labute approximate surface area is 170 Å². The molecule has 6 heteroatoms. The Bertz CT molecular complexity index is 718. The van der Waals surface area contributed by atoms with Crippen LogP contribution in [0.1, 0.15) is 57.6 Å². The van der Waals surface area contributed by atoms with E-state index in [1.807, 2.05) is 26.0 Å². The molecule has 0 aromatic carbocycles. The number of methoxy groups -OCH3 is 1. The van der Waals surface area contributed by atoms with Crippen LogP contribution in [0.3, 0.4) is 0 Å². The van der Waals surface area contributed by atoms with Crippen molar-refractivity contribution in [2.24, 2.45) is 0 Å². The van der Waals surface area contributed by atoms with Crippen LogP contribution in [0.4, 0.5) is 0 Å². The second kappa shape index (κ2) is 11.0. The number of rotatable bonds is 10. The molecular weight excluding hydrogens is 352 g/mol. The first-order valence-electron chi connectivity index (χ1n) is 9.97. The van der Waals surface area contributed by atoms with E-state index in [9.17, 15) is 10.1 Å². The number of ether oxygens (including phenoxy) is 1. The maximum Gasteiger partial charge on any atom is 0.261 e. The predicted molar refractivity (Wildman–Crippen MR) is 114 cm³/mol. The summed E-state index contributed by atoms with van der Waals surface area (Å²) in [5.41, 5.74) is 3.11. The molecule has 1 aromatic heterocycles.